The molecule has 0 saturated heterocycles. The van der Waals surface area contributed by atoms with Crippen molar-refractivity contribution in [2.24, 2.45) is 0 Å². The summed E-state index contributed by atoms with van der Waals surface area (Å²) in [6.07, 6.45) is 0.550. The van der Waals surface area contributed by atoms with Crippen LogP contribution in [0.5, 0.6) is 5.75 Å². The number of carbonyl (C=O) groups excluding carboxylic acids is 2. The Labute approximate surface area is 158 Å². The maximum absolute atomic E-state index is 12.9. The molecule has 3 aromatic rings. The molecule has 1 aromatic heterocycles. The molecule has 1 atom stereocenters. The summed E-state index contributed by atoms with van der Waals surface area (Å²) in [5.74, 6) is -1.36. The molecule has 0 saturated carbocycles. The third-order valence-electron chi connectivity index (χ3n) is 3.88. The second-order valence-electron chi connectivity index (χ2n) is 5.95. The Morgan fingerprint density at radius 2 is 1.86 bits per heavy atom. The van der Waals surface area contributed by atoms with E-state index in [9.17, 15) is 18.8 Å². The lowest BCUT2D eigenvalue weighted by Crippen LogP contribution is -2.48. The Bertz CT molecular complexity index is 1070. The highest BCUT2D eigenvalue weighted by Gasteiger charge is 2.16. The SMILES string of the molecule is CC(Oc1ccc(F)cc1)C(=O)NNC(=O)Cn1ncc2ccccc2c1=O. The van der Waals surface area contributed by atoms with E-state index in [1.54, 1.807) is 24.3 Å². The number of benzene rings is 2. The van der Waals surface area contributed by atoms with E-state index in [1.807, 2.05) is 0 Å². The zero-order chi connectivity index (χ0) is 20.1. The topological polar surface area (TPSA) is 102 Å². The number of hydrogen-bond donors (Lipinski definition) is 2. The van der Waals surface area contributed by atoms with Gasteiger partial charge in [0.1, 0.15) is 18.1 Å². The maximum Gasteiger partial charge on any atom is 0.279 e. The van der Waals surface area contributed by atoms with Gasteiger partial charge in [0, 0.05) is 5.39 Å². The summed E-state index contributed by atoms with van der Waals surface area (Å²) in [4.78, 5) is 36.3. The average Bonchev–Trinajstić information content (AvgIpc) is 2.70. The van der Waals surface area contributed by atoms with Gasteiger partial charge in [-0.25, -0.2) is 9.07 Å². The summed E-state index contributed by atoms with van der Waals surface area (Å²) in [6.45, 7) is 1.11. The highest BCUT2D eigenvalue weighted by Crippen LogP contribution is 2.12. The maximum atomic E-state index is 12.9. The molecule has 0 bridgehead atoms. The molecule has 2 aromatic carbocycles. The molecule has 0 spiro atoms. The molecule has 2 N–H and O–H groups in total. The minimum atomic E-state index is -0.938. The van der Waals surface area contributed by atoms with Gasteiger partial charge >= 0.3 is 0 Å². The number of fused-ring (bicyclic) bond motifs is 1. The lowest BCUT2D eigenvalue weighted by Gasteiger charge is -2.15. The Hall–Kier alpha value is -3.75. The fourth-order valence-corrected chi connectivity index (χ4v) is 2.42. The van der Waals surface area contributed by atoms with Crippen molar-refractivity contribution in [2.75, 3.05) is 0 Å². The van der Waals surface area contributed by atoms with Crippen LogP contribution >= 0.6 is 0 Å². The molecular weight excluding hydrogens is 367 g/mol. The molecule has 144 valence electrons. The van der Waals surface area contributed by atoms with Crippen LogP contribution in [0.1, 0.15) is 6.92 Å². The van der Waals surface area contributed by atoms with E-state index in [0.29, 0.717) is 16.5 Å². The van der Waals surface area contributed by atoms with E-state index in [-0.39, 0.29) is 6.54 Å². The number of amides is 2. The minimum Gasteiger partial charge on any atom is -0.481 e. The van der Waals surface area contributed by atoms with Crippen molar-refractivity contribution in [2.45, 2.75) is 19.6 Å². The fraction of sp³-hybridized carbons (Fsp3) is 0.158. The standard InChI is InChI=1S/C19H17FN4O4/c1-12(28-15-8-6-14(20)7-9-15)18(26)23-22-17(25)11-24-19(27)16-5-3-2-4-13(16)10-21-24/h2-10,12H,11H2,1H3,(H,22,25)(H,23,26). The van der Waals surface area contributed by atoms with Crippen molar-refractivity contribution < 1.29 is 18.7 Å². The Balaban J connectivity index is 1.55. The first-order valence-corrected chi connectivity index (χ1v) is 8.40. The lowest BCUT2D eigenvalue weighted by atomic mass is 10.2. The summed E-state index contributed by atoms with van der Waals surface area (Å²) >= 11 is 0. The average molecular weight is 384 g/mol. The van der Waals surface area contributed by atoms with Crippen LogP contribution in [0.2, 0.25) is 0 Å². The van der Waals surface area contributed by atoms with Crippen LogP contribution in [-0.4, -0.2) is 27.7 Å². The number of nitrogens with zero attached hydrogens (tertiary/aromatic N) is 2. The predicted molar refractivity (Wildman–Crippen MR) is 98.8 cm³/mol. The van der Waals surface area contributed by atoms with Gasteiger partial charge in [0.2, 0.25) is 0 Å². The van der Waals surface area contributed by atoms with E-state index in [4.69, 9.17) is 4.74 Å². The Kier molecular flexibility index (Phi) is 5.64. The van der Waals surface area contributed by atoms with Gasteiger partial charge in [-0.3, -0.25) is 25.2 Å². The van der Waals surface area contributed by atoms with Crippen molar-refractivity contribution in [3.05, 3.63) is 70.9 Å². The molecule has 3 rings (SSSR count). The first-order chi connectivity index (χ1) is 13.4. The van der Waals surface area contributed by atoms with Gasteiger partial charge in [-0.2, -0.15) is 5.10 Å². The number of carbonyl (C=O) groups is 2. The zero-order valence-electron chi connectivity index (χ0n) is 14.9. The summed E-state index contributed by atoms with van der Waals surface area (Å²) in [7, 11) is 0. The number of rotatable bonds is 5. The summed E-state index contributed by atoms with van der Waals surface area (Å²) < 4.78 is 19.2. The first kappa shape index (κ1) is 19.0. The summed E-state index contributed by atoms with van der Waals surface area (Å²) in [5, 5.41) is 5.06. The quantitative estimate of drug-likeness (QED) is 0.643. The largest absolute Gasteiger partial charge is 0.481 e. The van der Waals surface area contributed by atoms with Gasteiger partial charge in [-0.1, -0.05) is 18.2 Å². The molecule has 0 aliphatic carbocycles. The van der Waals surface area contributed by atoms with E-state index in [0.717, 1.165) is 4.68 Å². The van der Waals surface area contributed by atoms with Crippen molar-refractivity contribution in [3.63, 3.8) is 0 Å². The number of nitrogens with one attached hydrogen (secondary N) is 2. The molecule has 0 aliphatic heterocycles. The second kappa shape index (κ2) is 8.30. The molecule has 28 heavy (non-hydrogen) atoms. The van der Waals surface area contributed by atoms with Gasteiger partial charge < -0.3 is 4.74 Å². The van der Waals surface area contributed by atoms with E-state index in [2.05, 4.69) is 16.0 Å². The molecular formula is C19H17FN4O4. The molecule has 8 nitrogen and oxygen atoms in total. The van der Waals surface area contributed by atoms with Gasteiger partial charge in [0.15, 0.2) is 6.10 Å². The summed E-state index contributed by atoms with van der Waals surface area (Å²) in [5.41, 5.74) is 4.00. The third-order valence-corrected chi connectivity index (χ3v) is 3.88. The molecule has 9 heteroatoms. The van der Waals surface area contributed by atoms with Crippen LogP contribution in [0.3, 0.4) is 0 Å². The van der Waals surface area contributed by atoms with Gasteiger partial charge in [0.05, 0.1) is 11.6 Å². The Morgan fingerprint density at radius 1 is 1.14 bits per heavy atom. The number of aromatic nitrogens is 2. The van der Waals surface area contributed by atoms with Gasteiger partial charge in [0.25, 0.3) is 17.4 Å². The minimum absolute atomic E-state index is 0.308. The summed E-state index contributed by atoms with van der Waals surface area (Å²) in [6, 6.07) is 12.1. The van der Waals surface area contributed by atoms with E-state index in [1.165, 1.54) is 37.4 Å². The normalized spacial score (nSPS) is 11.6. The molecule has 2 amide bonds. The van der Waals surface area contributed by atoms with Crippen molar-refractivity contribution in [1.82, 2.24) is 20.6 Å². The van der Waals surface area contributed by atoms with Crippen LogP contribution in [0, 0.1) is 5.82 Å². The number of hydrazine groups is 1. The van der Waals surface area contributed by atoms with Crippen molar-refractivity contribution in [3.8, 4) is 5.75 Å². The van der Waals surface area contributed by atoms with E-state index < -0.39 is 29.3 Å². The zero-order valence-corrected chi connectivity index (χ0v) is 14.9. The van der Waals surface area contributed by atoms with Gasteiger partial charge in [-0.15, -0.1) is 0 Å². The molecule has 0 aliphatic rings. The van der Waals surface area contributed by atoms with Crippen molar-refractivity contribution in [1.29, 1.82) is 0 Å². The Morgan fingerprint density at radius 3 is 2.61 bits per heavy atom. The highest BCUT2D eigenvalue weighted by atomic mass is 19.1. The van der Waals surface area contributed by atoms with Crippen LogP contribution in [-0.2, 0) is 16.1 Å². The number of hydrogen-bond acceptors (Lipinski definition) is 5. The van der Waals surface area contributed by atoms with Crippen LogP contribution < -0.4 is 21.1 Å². The fourth-order valence-electron chi connectivity index (χ4n) is 2.42. The monoisotopic (exact) mass is 384 g/mol. The van der Waals surface area contributed by atoms with Crippen LogP contribution in [0.15, 0.2) is 59.5 Å². The van der Waals surface area contributed by atoms with E-state index >= 15 is 0 Å². The number of halogens is 1. The second-order valence-corrected chi connectivity index (χ2v) is 5.95. The van der Waals surface area contributed by atoms with Crippen LogP contribution in [0.4, 0.5) is 4.39 Å². The molecule has 1 unspecified atom stereocenters. The smallest absolute Gasteiger partial charge is 0.279 e. The third kappa shape index (κ3) is 4.50. The highest BCUT2D eigenvalue weighted by molar-refractivity contribution is 5.85. The molecule has 0 fully saturated rings. The molecule has 1 heterocycles. The predicted octanol–water partition coefficient (Wildman–Crippen LogP) is 1.15. The van der Waals surface area contributed by atoms with Crippen LogP contribution in [0.25, 0.3) is 10.8 Å². The lowest BCUT2D eigenvalue weighted by molar-refractivity contribution is -0.133. The first-order valence-electron chi connectivity index (χ1n) is 8.40. The van der Waals surface area contributed by atoms with Gasteiger partial charge in [-0.05, 0) is 37.3 Å². The number of ether oxygens (including phenoxy) is 1. The van der Waals surface area contributed by atoms with Crippen molar-refractivity contribution >= 4 is 22.6 Å². The molecule has 0 radical (unpaired) electrons.